The van der Waals surface area contributed by atoms with E-state index in [0.717, 1.165) is 6.20 Å². The number of rotatable bonds is 5. The smallest absolute Gasteiger partial charge is 0.433 e. The molecule has 182 valence electrons. The van der Waals surface area contributed by atoms with Crippen LogP contribution in [0, 0.1) is 13.8 Å². The van der Waals surface area contributed by atoms with Gasteiger partial charge in [0, 0.05) is 17.1 Å². The van der Waals surface area contributed by atoms with Gasteiger partial charge in [0.2, 0.25) is 0 Å². The lowest BCUT2D eigenvalue weighted by Crippen LogP contribution is -2.57. The molecule has 11 heteroatoms. The molecule has 3 aromatic rings. The monoisotopic (exact) mass is 483 g/mol. The van der Waals surface area contributed by atoms with Crippen LogP contribution in [-0.4, -0.2) is 35.9 Å². The first kappa shape index (κ1) is 23.9. The van der Waals surface area contributed by atoms with Crippen LogP contribution in [0.3, 0.4) is 0 Å². The maximum absolute atomic E-state index is 14.2. The fraction of sp³-hybridized carbons (Fsp3) is 0.391. The largest absolute Gasteiger partial charge is 0.489 e. The molecule has 1 saturated heterocycles. The van der Waals surface area contributed by atoms with E-state index in [1.807, 2.05) is 0 Å². The summed E-state index contributed by atoms with van der Waals surface area (Å²) in [6.07, 6.45) is -3.52. The molecule has 6 nitrogen and oxygen atoms in total. The van der Waals surface area contributed by atoms with Gasteiger partial charge in [0.05, 0.1) is 18.2 Å². The Morgan fingerprint density at radius 2 is 2.09 bits per heavy atom. The second kappa shape index (κ2) is 8.86. The van der Waals surface area contributed by atoms with Crippen LogP contribution in [0.4, 0.5) is 22.0 Å². The molecule has 1 atom stereocenters. The Bertz CT molecular complexity index is 1220. The van der Waals surface area contributed by atoms with Gasteiger partial charge in [-0.25, -0.2) is 8.78 Å². The number of carbonyl (C=O) groups is 1. The normalized spacial score (nSPS) is 18.1. The summed E-state index contributed by atoms with van der Waals surface area (Å²) in [6.45, 7) is 2.62. The van der Waals surface area contributed by atoms with Crippen LogP contribution in [0.15, 0.2) is 34.9 Å². The van der Waals surface area contributed by atoms with E-state index < -0.39 is 42.9 Å². The fourth-order valence-corrected chi connectivity index (χ4v) is 3.99. The fourth-order valence-electron chi connectivity index (χ4n) is 3.99. The summed E-state index contributed by atoms with van der Waals surface area (Å²) in [5, 5.41) is 5.31. The van der Waals surface area contributed by atoms with Crippen LogP contribution in [-0.2, 0) is 12.8 Å². The molecule has 4 rings (SSSR count). The van der Waals surface area contributed by atoms with Crippen molar-refractivity contribution < 1.29 is 35.9 Å². The minimum Gasteiger partial charge on any atom is -0.489 e. The van der Waals surface area contributed by atoms with E-state index in [1.165, 1.54) is 25.1 Å². The Hall–Kier alpha value is -3.21. The quantitative estimate of drug-likeness (QED) is 0.512. The number of aromatic nitrogens is 1. The van der Waals surface area contributed by atoms with Gasteiger partial charge in [0.25, 0.3) is 11.8 Å². The van der Waals surface area contributed by atoms with Crippen molar-refractivity contribution in [2.24, 2.45) is 0 Å². The minimum atomic E-state index is -4.64. The van der Waals surface area contributed by atoms with Crippen LogP contribution in [0.5, 0.6) is 5.75 Å². The molecule has 34 heavy (non-hydrogen) atoms. The Morgan fingerprint density at radius 1 is 1.32 bits per heavy atom. The van der Waals surface area contributed by atoms with Crippen molar-refractivity contribution >= 4 is 16.9 Å². The molecule has 0 aliphatic carbocycles. The number of hydrogen-bond acceptors (Lipinski definition) is 5. The van der Waals surface area contributed by atoms with Gasteiger partial charge in [-0.2, -0.15) is 13.2 Å². The number of carbonyl (C=O) groups excluding carboxylic acids is 1. The molecule has 1 unspecified atom stereocenters. The van der Waals surface area contributed by atoms with Crippen LogP contribution < -0.4 is 15.4 Å². The first-order chi connectivity index (χ1) is 16.0. The summed E-state index contributed by atoms with van der Waals surface area (Å²) in [7, 11) is 0. The van der Waals surface area contributed by atoms with E-state index in [9.17, 15) is 26.7 Å². The van der Waals surface area contributed by atoms with Gasteiger partial charge in [0.1, 0.15) is 23.7 Å². The lowest BCUT2D eigenvalue weighted by Gasteiger charge is -2.32. The number of piperidine rings is 1. The van der Waals surface area contributed by atoms with Crippen molar-refractivity contribution in [3.05, 3.63) is 58.6 Å². The molecule has 2 N–H and O–H groups in total. The van der Waals surface area contributed by atoms with E-state index in [1.54, 1.807) is 13.0 Å². The summed E-state index contributed by atoms with van der Waals surface area (Å²) >= 11 is 0. The minimum absolute atomic E-state index is 0.0632. The zero-order chi connectivity index (χ0) is 24.7. The van der Waals surface area contributed by atoms with Gasteiger partial charge in [-0.15, -0.1) is 0 Å². The van der Waals surface area contributed by atoms with E-state index >= 15 is 0 Å². The van der Waals surface area contributed by atoms with E-state index in [2.05, 4.69) is 15.6 Å². The van der Waals surface area contributed by atoms with Gasteiger partial charge in [-0.1, -0.05) is 6.07 Å². The molecule has 0 saturated carbocycles. The molecule has 2 aromatic heterocycles. The van der Waals surface area contributed by atoms with Crippen molar-refractivity contribution in [2.45, 2.75) is 45.0 Å². The third-order valence-electron chi connectivity index (χ3n) is 5.72. The number of ether oxygens (including phenoxy) is 1. The first-order valence-electron chi connectivity index (χ1n) is 10.5. The van der Waals surface area contributed by atoms with Gasteiger partial charge in [-0.3, -0.25) is 9.78 Å². The molecule has 3 heterocycles. The summed E-state index contributed by atoms with van der Waals surface area (Å²) in [5.41, 5.74) is -0.219. The van der Waals surface area contributed by atoms with Crippen molar-refractivity contribution in [3.8, 4) is 5.75 Å². The average Bonchev–Trinajstić information content (AvgIpc) is 3.07. The third-order valence-corrected chi connectivity index (χ3v) is 5.72. The lowest BCUT2D eigenvalue weighted by atomic mass is 10.0. The van der Waals surface area contributed by atoms with Crippen molar-refractivity contribution in [3.63, 3.8) is 0 Å². The van der Waals surface area contributed by atoms with Crippen molar-refractivity contribution in [1.82, 2.24) is 15.6 Å². The molecule has 1 amide bonds. The Balaban J connectivity index is 1.62. The highest BCUT2D eigenvalue weighted by atomic mass is 19.4. The van der Waals surface area contributed by atoms with Gasteiger partial charge >= 0.3 is 6.18 Å². The van der Waals surface area contributed by atoms with Crippen LogP contribution in [0.25, 0.3) is 11.0 Å². The number of hydrogen-bond donors (Lipinski definition) is 2. The zero-order valence-corrected chi connectivity index (χ0v) is 18.4. The second-order valence-electron chi connectivity index (χ2n) is 8.20. The highest BCUT2D eigenvalue weighted by Gasteiger charge is 2.43. The summed E-state index contributed by atoms with van der Waals surface area (Å²) in [4.78, 5) is 16.3. The van der Waals surface area contributed by atoms with E-state index in [4.69, 9.17) is 9.15 Å². The SMILES string of the molecule is Cc1cc2oc(C)c(C(=O)NC3CCNCC3(F)F)c2cc1OCc1cccnc1C(F)(F)F. The molecule has 0 bridgehead atoms. The molecule has 1 fully saturated rings. The van der Waals surface area contributed by atoms with Crippen LogP contribution in [0.2, 0.25) is 0 Å². The summed E-state index contributed by atoms with van der Waals surface area (Å²) in [5.74, 6) is -3.37. The molecule has 1 aliphatic heterocycles. The number of nitrogens with one attached hydrogen (secondary N) is 2. The zero-order valence-electron chi connectivity index (χ0n) is 18.4. The number of benzene rings is 1. The van der Waals surface area contributed by atoms with Gasteiger partial charge in [0.15, 0.2) is 5.69 Å². The first-order valence-corrected chi connectivity index (χ1v) is 10.5. The van der Waals surface area contributed by atoms with Crippen LogP contribution >= 0.6 is 0 Å². The number of halogens is 5. The molecule has 1 aliphatic rings. The summed E-state index contributed by atoms with van der Waals surface area (Å²) < 4.78 is 79.3. The Morgan fingerprint density at radius 3 is 2.79 bits per heavy atom. The van der Waals surface area contributed by atoms with Gasteiger partial charge < -0.3 is 19.8 Å². The number of nitrogens with zero attached hydrogens (tertiary/aromatic N) is 1. The summed E-state index contributed by atoms with van der Waals surface area (Å²) in [6, 6.07) is 4.37. The molecule has 1 aromatic carbocycles. The average molecular weight is 483 g/mol. The lowest BCUT2D eigenvalue weighted by molar-refractivity contribution is -0.142. The third kappa shape index (κ3) is 4.70. The maximum Gasteiger partial charge on any atom is 0.433 e. The number of furan rings is 1. The number of pyridine rings is 1. The predicted octanol–water partition coefficient (Wildman–Crippen LogP) is 4.77. The van der Waals surface area contributed by atoms with Crippen molar-refractivity contribution in [2.75, 3.05) is 13.1 Å². The van der Waals surface area contributed by atoms with E-state index in [-0.39, 0.29) is 29.1 Å². The molecular weight excluding hydrogens is 461 g/mol. The maximum atomic E-state index is 14.2. The highest BCUT2D eigenvalue weighted by Crippen LogP contribution is 2.34. The molecule has 0 radical (unpaired) electrons. The van der Waals surface area contributed by atoms with Gasteiger partial charge in [-0.05, 0) is 50.6 Å². The standard InChI is InChI=1S/C23H22F5N3O3/c1-12-8-17-15(9-16(12)33-10-14-4-3-6-30-20(14)23(26,27)28)19(13(2)34-17)21(32)31-18-5-7-29-11-22(18,24)25/h3-4,6,8-9,18,29H,5,7,10-11H2,1-2H3,(H,31,32). The molecular formula is C23H22F5N3O3. The number of alkyl halides is 5. The van der Waals surface area contributed by atoms with Crippen molar-refractivity contribution in [1.29, 1.82) is 0 Å². The number of amides is 1. The topological polar surface area (TPSA) is 76.4 Å². The predicted molar refractivity (Wildman–Crippen MR) is 113 cm³/mol. The molecule has 0 spiro atoms. The second-order valence-corrected chi connectivity index (χ2v) is 8.20. The van der Waals surface area contributed by atoms with E-state index in [0.29, 0.717) is 23.1 Å². The van der Waals surface area contributed by atoms with Crippen LogP contribution in [0.1, 0.15) is 39.4 Å². The number of fused-ring (bicyclic) bond motifs is 1. The highest BCUT2D eigenvalue weighted by molar-refractivity contribution is 6.07. The number of aryl methyl sites for hydroxylation is 2. The Kier molecular flexibility index (Phi) is 6.24. The Labute approximate surface area is 191 Å².